The summed E-state index contributed by atoms with van der Waals surface area (Å²) in [5, 5.41) is 0. The summed E-state index contributed by atoms with van der Waals surface area (Å²) in [6.45, 7) is 4.82. The minimum Gasteiger partial charge on any atom is -0.381 e. The van der Waals surface area contributed by atoms with E-state index in [-0.39, 0.29) is 0 Å². The van der Waals surface area contributed by atoms with Gasteiger partial charge in [-0.25, -0.2) is 0 Å². The number of hydrogen-bond acceptors (Lipinski definition) is 3. The first-order valence-electron chi connectivity index (χ1n) is 5.74. The Morgan fingerprint density at radius 1 is 1.14 bits per heavy atom. The maximum atomic E-state index is 6.31. The molecule has 0 aromatic heterocycles. The van der Waals surface area contributed by atoms with Gasteiger partial charge >= 0.3 is 0 Å². The number of rotatable bonds is 2. The van der Waals surface area contributed by atoms with Crippen LogP contribution in [-0.2, 0) is 9.47 Å². The molecule has 0 amide bonds. The highest BCUT2D eigenvalue weighted by Crippen LogP contribution is 2.30. The Balaban J connectivity index is 1.89. The van der Waals surface area contributed by atoms with E-state index in [2.05, 4.69) is 6.92 Å². The summed E-state index contributed by atoms with van der Waals surface area (Å²) in [5.41, 5.74) is 6.31. The number of ether oxygens (including phenoxy) is 2. The van der Waals surface area contributed by atoms with Crippen LogP contribution in [0.5, 0.6) is 0 Å². The molecule has 2 aliphatic rings. The molecule has 0 aromatic rings. The topological polar surface area (TPSA) is 44.5 Å². The first kappa shape index (κ1) is 10.4. The second-order valence-corrected chi connectivity index (χ2v) is 4.56. The van der Waals surface area contributed by atoms with Crippen LogP contribution in [0.3, 0.4) is 0 Å². The molecule has 2 heterocycles. The molecule has 2 N–H and O–H groups in total. The Morgan fingerprint density at radius 3 is 2.43 bits per heavy atom. The third-order valence-corrected chi connectivity index (χ3v) is 3.74. The van der Waals surface area contributed by atoms with E-state index in [4.69, 9.17) is 15.2 Å². The van der Waals surface area contributed by atoms with Gasteiger partial charge in [0, 0.05) is 31.8 Å². The predicted octanol–water partition coefficient (Wildman–Crippen LogP) is 1.17. The van der Waals surface area contributed by atoms with Crippen molar-refractivity contribution in [3.63, 3.8) is 0 Å². The summed E-state index contributed by atoms with van der Waals surface area (Å²) in [4.78, 5) is 0. The third-order valence-electron chi connectivity index (χ3n) is 3.74. The Bertz CT molecular complexity index is 180. The molecule has 0 saturated carbocycles. The highest BCUT2D eigenvalue weighted by Gasteiger charge is 2.34. The second kappa shape index (κ2) is 4.60. The van der Waals surface area contributed by atoms with Crippen LogP contribution in [0.25, 0.3) is 0 Å². The van der Waals surface area contributed by atoms with Crippen molar-refractivity contribution in [2.45, 2.75) is 38.3 Å². The average Bonchev–Trinajstić information content (AvgIpc) is 2.65. The maximum Gasteiger partial charge on any atom is 0.0590 e. The van der Waals surface area contributed by atoms with E-state index < -0.39 is 0 Å². The van der Waals surface area contributed by atoms with Crippen LogP contribution in [0.15, 0.2) is 0 Å². The van der Waals surface area contributed by atoms with Crippen molar-refractivity contribution in [3.8, 4) is 0 Å². The Morgan fingerprint density at radius 2 is 1.86 bits per heavy atom. The van der Waals surface area contributed by atoms with Gasteiger partial charge in [0.05, 0.1) is 6.10 Å². The fraction of sp³-hybridized carbons (Fsp3) is 1.00. The summed E-state index contributed by atoms with van der Waals surface area (Å²) in [7, 11) is 0. The van der Waals surface area contributed by atoms with Gasteiger partial charge in [-0.1, -0.05) is 0 Å². The summed E-state index contributed by atoms with van der Waals surface area (Å²) < 4.78 is 10.9. The molecule has 14 heavy (non-hydrogen) atoms. The summed E-state index contributed by atoms with van der Waals surface area (Å²) in [6.07, 6.45) is 3.75. The number of hydrogen-bond donors (Lipinski definition) is 1. The van der Waals surface area contributed by atoms with Gasteiger partial charge < -0.3 is 15.2 Å². The number of nitrogens with two attached hydrogens (primary N) is 1. The van der Waals surface area contributed by atoms with Gasteiger partial charge in [0.15, 0.2) is 0 Å². The van der Waals surface area contributed by atoms with Gasteiger partial charge in [-0.3, -0.25) is 0 Å². The van der Waals surface area contributed by atoms with Gasteiger partial charge in [0.2, 0.25) is 0 Å². The lowest BCUT2D eigenvalue weighted by atomic mass is 9.81. The standard InChI is InChI=1S/C11H21NO2/c1-8-10(4-7-14-8)11(12)9-2-5-13-6-3-9/h8-11H,2-7,12H2,1H3. The lowest BCUT2D eigenvalue weighted by Crippen LogP contribution is -2.42. The molecule has 2 aliphatic heterocycles. The highest BCUT2D eigenvalue weighted by atomic mass is 16.5. The monoisotopic (exact) mass is 199 g/mol. The third kappa shape index (κ3) is 2.10. The van der Waals surface area contributed by atoms with Crippen molar-refractivity contribution in [2.75, 3.05) is 19.8 Å². The normalized spacial score (nSPS) is 37.3. The Hall–Kier alpha value is -0.120. The van der Waals surface area contributed by atoms with Crippen LogP contribution in [0.4, 0.5) is 0 Å². The molecule has 2 saturated heterocycles. The van der Waals surface area contributed by atoms with Gasteiger partial charge in [0.1, 0.15) is 0 Å². The van der Waals surface area contributed by atoms with E-state index in [0.717, 1.165) is 39.1 Å². The van der Waals surface area contributed by atoms with Crippen molar-refractivity contribution >= 4 is 0 Å². The molecule has 0 aliphatic carbocycles. The van der Waals surface area contributed by atoms with Gasteiger partial charge in [-0.2, -0.15) is 0 Å². The zero-order valence-electron chi connectivity index (χ0n) is 8.95. The predicted molar refractivity (Wildman–Crippen MR) is 55.0 cm³/mol. The fourth-order valence-corrected chi connectivity index (χ4v) is 2.70. The SMILES string of the molecule is CC1OCCC1C(N)C1CCOCC1. The molecule has 0 aromatic carbocycles. The van der Waals surface area contributed by atoms with E-state index in [9.17, 15) is 0 Å². The smallest absolute Gasteiger partial charge is 0.0590 e. The Labute approximate surface area is 85.9 Å². The van der Waals surface area contributed by atoms with E-state index in [1.54, 1.807) is 0 Å². The Kier molecular flexibility index (Phi) is 3.42. The molecule has 0 bridgehead atoms. The van der Waals surface area contributed by atoms with Gasteiger partial charge in [-0.05, 0) is 32.1 Å². The lowest BCUT2D eigenvalue weighted by Gasteiger charge is -2.32. The highest BCUT2D eigenvalue weighted by molar-refractivity contribution is 4.87. The summed E-state index contributed by atoms with van der Waals surface area (Å²) in [6, 6.07) is 0.316. The summed E-state index contributed by atoms with van der Waals surface area (Å²) >= 11 is 0. The zero-order valence-corrected chi connectivity index (χ0v) is 8.95. The van der Waals surface area contributed by atoms with Crippen molar-refractivity contribution in [1.82, 2.24) is 0 Å². The van der Waals surface area contributed by atoms with Crippen LogP contribution in [-0.4, -0.2) is 32.0 Å². The molecule has 3 nitrogen and oxygen atoms in total. The molecular formula is C11H21NO2. The fourth-order valence-electron chi connectivity index (χ4n) is 2.70. The molecule has 2 fully saturated rings. The molecule has 3 atom stereocenters. The largest absolute Gasteiger partial charge is 0.381 e. The zero-order chi connectivity index (χ0) is 9.97. The van der Waals surface area contributed by atoms with Crippen LogP contribution in [0, 0.1) is 11.8 Å². The van der Waals surface area contributed by atoms with Crippen LogP contribution < -0.4 is 5.73 Å². The quantitative estimate of drug-likeness (QED) is 0.726. The van der Waals surface area contributed by atoms with E-state index in [1.165, 1.54) is 0 Å². The van der Waals surface area contributed by atoms with E-state index in [1.807, 2.05) is 0 Å². The van der Waals surface area contributed by atoms with E-state index >= 15 is 0 Å². The summed E-state index contributed by atoms with van der Waals surface area (Å²) in [5.74, 6) is 1.22. The van der Waals surface area contributed by atoms with Crippen molar-refractivity contribution < 1.29 is 9.47 Å². The van der Waals surface area contributed by atoms with Crippen LogP contribution >= 0.6 is 0 Å². The molecule has 82 valence electrons. The molecule has 3 heteroatoms. The average molecular weight is 199 g/mol. The molecule has 0 spiro atoms. The minimum absolute atomic E-state index is 0.316. The molecule has 3 unspecified atom stereocenters. The maximum absolute atomic E-state index is 6.31. The molecular weight excluding hydrogens is 178 g/mol. The van der Waals surface area contributed by atoms with Crippen molar-refractivity contribution in [2.24, 2.45) is 17.6 Å². The minimum atomic E-state index is 0.316. The molecule has 2 rings (SSSR count). The van der Waals surface area contributed by atoms with Crippen molar-refractivity contribution in [1.29, 1.82) is 0 Å². The van der Waals surface area contributed by atoms with E-state index in [0.29, 0.717) is 24.0 Å². The first-order chi connectivity index (χ1) is 6.79. The first-order valence-corrected chi connectivity index (χ1v) is 5.74. The second-order valence-electron chi connectivity index (χ2n) is 4.56. The van der Waals surface area contributed by atoms with Gasteiger partial charge in [0.25, 0.3) is 0 Å². The van der Waals surface area contributed by atoms with Crippen molar-refractivity contribution in [3.05, 3.63) is 0 Å². The van der Waals surface area contributed by atoms with Crippen LogP contribution in [0.1, 0.15) is 26.2 Å². The lowest BCUT2D eigenvalue weighted by molar-refractivity contribution is 0.0395. The van der Waals surface area contributed by atoms with Crippen LogP contribution in [0.2, 0.25) is 0 Å². The van der Waals surface area contributed by atoms with Gasteiger partial charge in [-0.15, -0.1) is 0 Å². The molecule has 0 radical (unpaired) electrons.